The molecule has 0 amide bonds. The van der Waals surface area contributed by atoms with E-state index in [1.54, 1.807) is 13.2 Å². The lowest BCUT2D eigenvalue weighted by Crippen LogP contribution is -2.04. The van der Waals surface area contributed by atoms with Crippen LogP contribution in [0.25, 0.3) is 0 Å². The van der Waals surface area contributed by atoms with Gasteiger partial charge in [0.05, 0.1) is 7.11 Å². The minimum absolute atomic E-state index is 0.0519. The van der Waals surface area contributed by atoms with Crippen LogP contribution in [0.3, 0.4) is 0 Å². The number of pyridine rings is 1. The molecule has 2 aromatic rings. The van der Waals surface area contributed by atoms with Gasteiger partial charge in [0.2, 0.25) is 5.88 Å². The van der Waals surface area contributed by atoms with Gasteiger partial charge in [0, 0.05) is 6.20 Å². The summed E-state index contributed by atoms with van der Waals surface area (Å²) in [5.74, 6) is -0.184. The molecule has 5 heteroatoms. The van der Waals surface area contributed by atoms with Crippen LogP contribution < -0.4 is 9.47 Å². The number of aromatic carboxylic acids is 1. The molecular weight excluding hydrogens is 246 g/mol. The van der Waals surface area contributed by atoms with Crippen LogP contribution in [0.2, 0.25) is 0 Å². The summed E-state index contributed by atoms with van der Waals surface area (Å²) < 4.78 is 10.5. The Hall–Kier alpha value is -2.56. The zero-order valence-electron chi connectivity index (χ0n) is 10.4. The van der Waals surface area contributed by atoms with Crippen molar-refractivity contribution in [3.63, 3.8) is 0 Å². The average molecular weight is 259 g/mol. The molecule has 0 saturated heterocycles. The highest BCUT2D eigenvalue weighted by molar-refractivity contribution is 5.90. The number of rotatable bonds is 5. The zero-order chi connectivity index (χ0) is 13.7. The van der Waals surface area contributed by atoms with Crippen molar-refractivity contribution >= 4 is 5.97 Å². The van der Waals surface area contributed by atoms with Crippen LogP contribution in [-0.2, 0) is 6.61 Å². The average Bonchev–Trinajstić information content (AvgIpc) is 2.46. The molecule has 0 aliphatic carbocycles. The van der Waals surface area contributed by atoms with Gasteiger partial charge in [-0.2, -0.15) is 0 Å². The summed E-state index contributed by atoms with van der Waals surface area (Å²) in [4.78, 5) is 14.9. The van der Waals surface area contributed by atoms with Crippen LogP contribution in [0.1, 0.15) is 15.9 Å². The molecular formula is C14H13NO4. The van der Waals surface area contributed by atoms with E-state index in [1.165, 1.54) is 12.3 Å². The molecule has 0 fully saturated rings. The van der Waals surface area contributed by atoms with Gasteiger partial charge in [0.25, 0.3) is 0 Å². The molecule has 0 saturated carbocycles. The Labute approximate surface area is 110 Å². The number of carboxylic acids is 1. The number of hydrogen-bond donors (Lipinski definition) is 1. The Bertz CT molecular complexity index is 566. The summed E-state index contributed by atoms with van der Waals surface area (Å²) in [5, 5.41) is 8.99. The topological polar surface area (TPSA) is 68.7 Å². The van der Waals surface area contributed by atoms with E-state index in [0.29, 0.717) is 0 Å². The van der Waals surface area contributed by atoms with Crippen LogP contribution in [0, 0.1) is 0 Å². The van der Waals surface area contributed by atoms with Crippen molar-refractivity contribution in [1.29, 1.82) is 0 Å². The predicted octanol–water partition coefficient (Wildman–Crippen LogP) is 2.37. The third-order valence-corrected chi connectivity index (χ3v) is 2.54. The fraction of sp³-hybridized carbons (Fsp3) is 0.143. The molecule has 19 heavy (non-hydrogen) atoms. The second-order valence-electron chi connectivity index (χ2n) is 3.80. The number of nitrogens with zero attached hydrogens (tertiary/aromatic N) is 1. The van der Waals surface area contributed by atoms with Gasteiger partial charge in [-0.3, -0.25) is 0 Å². The molecule has 0 unspecified atom stereocenters. The lowest BCUT2D eigenvalue weighted by Gasteiger charge is -2.08. The van der Waals surface area contributed by atoms with Crippen molar-refractivity contribution in [3.05, 3.63) is 53.7 Å². The Balaban J connectivity index is 2.07. The van der Waals surface area contributed by atoms with Gasteiger partial charge < -0.3 is 14.6 Å². The van der Waals surface area contributed by atoms with Gasteiger partial charge in [0.1, 0.15) is 17.9 Å². The molecule has 0 aliphatic rings. The third kappa shape index (κ3) is 3.22. The Morgan fingerprint density at radius 2 is 2.00 bits per heavy atom. The number of methoxy groups -OCH3 is 1. The standard InChI is InChI=1S/C14H13NO4/c1-18-11-6-4-10(5-7-11)9-19-13-12(14(16)17)3-2-8-15-13/h2-8H,9H2,1H3,(H,16,17). The molecule has 2 rings (SSSR count). The van der Waals surface area contributed by atoms with Gasteiger partial charge >= 0.3 is 5.97 Å². The first kappa shape index (κ1) is 12.9. The molecule has 0 aliphatic heterocycles. The van der Waals surface area contributed by atoms with Crippen molar-refractivity contribution in [2.45, 2.75) is 6.61 Å². The van der Waals surface area contributed by atoms with Crippen molar-refractivity contribution in [1.82, 2.24) is 4.98 Å². The van der Waals surface area contributed by atoms with Crippen molar-refractivity contribution in [3.8, 4) is 11.6 Å². The smallest absolute Gasteiger partial charge is 0.341 e. The van der Waals surface area contributed by atoms with Crippen LogP contribution in [0.4, 0.5) is 0 Å². The normalized spacial score (nSPS) is 9.95. The summed E-state index contributed by atoms with van der Waals surface area (Å²) >= 11 is 0. The SMILES string of the molecule is COc1ccc(COc2ncccc2C(=O)O)cc1. The first-order chi connectivity index (χ1) is 9.20. The lowest BCUT2D eigenvalue weighted by atomic mass is 10.2. The van der Waals surface area contributed by atoms with E-state index in [1.807, 2.05) is 24.3 Å². The molecule has 1 aromatic carbocycles. The van der Waals surface area contributed by atoms with E-state index >= 15 is 0 Å². The van der Waals surface area contributed by atoms with Crippen LogP contribution in [0.15, 0.2) is 42.6 Å². The number of benzene rings is 1. The second-order valence-corrected chi connectivity index (χ2v) is 3.80. The Morgan fingerprint density at radius 3 is 2.63 bits per heavy atom. The lowest BCUT2D eigenvalue weighted by molar-refractivity contribution is 0.0690. The second kappa shape index (κ2) is 5.86. The third-order valence-electron chi connectivity index (χ3n) is 2.54. The zero-order valence-corrected chi connectivity index (χ0v) is 10.4. The van der Waals surface area contributed by atoms with Gasteiger partial charge in [-0.1, -0.05) is 12.1 Å². The monoisotopic (exact) mass is 259 g/mol. The minimum atomic E-state index is -1.06. The highest BCUT2D eigenvalue weighted by atomic mass is 16.5. The molecule has 98 valence electrons. The Kier molecular flexibility index (Phi) is 3.97. The molecule has 1 heterocycles. The molecule has 0 bridgehead atoms. The predicted molar refractivity (Wildman–Crippen MR) is 68.5 cm³/mol. The number of hydrogen-bond acceptors (Lipinski definition) is 4. The summed E-state index contributed by atoms with van der Waals surface area (Å²) in [6.45, 7) is 0.251. The van der Waals surface area contributed by atoms with E-state index in [2.05, 4.69) is 4.98 Å². The van der Waals surface area contributed by atoms with Crippen molar-refractivity contribution < 1.29 is 19.4 Å². The summed E-state index contributed by atoms with van der Waals surface area (Å²) in [7, 11) is 1.60. The van der Waals surface area contributed by atoms with Gasteiger partial charge in [-0.15, -0.1) is 0 Å². The Morgan fingerprint density at radius 1 is 1.26 bits per heavy atom. The number of ether oxygens (including phenoxy) is 2. The number of aromatic nitrogens is 1. The van der Waals surface area contributed by atoms with Crippen molar-refractivity contribution in [2.75, 3.05) is 7.11 Å². The summed E-state index contributed by atoms with van der Waals surface area (Å²) in [6, 6.07) is 10.3. The quantitative estimate of drug-likeness (QED) is 0.892. The highest BCUT2D eigenvalue weighted by Gasteiger charge is 2.11. The highest BCUT2D eigenvalue weighted by Crippen LogP contribution is 2.17. The fourth-order valence-electron chi connectivity index (χ4n) is 1.54. The summed E-state index contributed by atoms with van der Waals surface area (Å²) in [5.41, 5.74) is 0.957. The summed E-state index contributed by atoms with van der Waals surface area (Å²) in [6.07, 6.45) is 1.50. The molecule has 0 spiro atoms. The molecule has 1 N–H and O–H groups in total. The first-order valence-corrected chi connectivity index (χ1v) is 5.64. The van der Waals surface area contributed by atoms with E-state index in [-0.39, 0.29) is 18.1 Å². The van der Waals surface area contributed by atoms with E-state index in [4.69, 9.17) is 14.6 Å². The number of carbonyl (C=O) groups is 1. The molecule has 0 atom stereocenters. The fourth-order valence-corrected chi connectivity index (χ4v) is 1.54. The van der Waals surface area contributed by atoms with Crippen LogP contribution >= 0.6 is 0 Å². The maximum Gasteiger partial charge on any atom is 0.341 e. The molecule has 1 aromatic heterocycles. The van der Waals surface area contributed by atoms with Crippen LogP contribution in [-0.4, -0.2) is 23.2 Å². The number of carboxylic acid groups (broad SMARTS) is 1. The van der Waals surface area contributed by atoms with Gasteiger partial charge in [-0.25, -0.2) is 9.78 Å². The largest absolute Gasteiger partial charge is 0.497 e. The van der Waals surface area contributed by atoms with Crippen molar-refractivity contribution in [2.24, 2.45) is 0 Å². The maximum atomic E-state index is 11.0. The first-order valence-electron chi connectivity index (χ1n) is 5.64. The molecule has 5 nitrogen and oxygen atoms in total. The maximum absolute atomic E-state index is 11.0. The van der Waals surface area contributed by atoms with Gasteiger partial charge in [-0.05, 0) is 29.8 Å². The minimum Gasteiger partial charge on any atom is -0.497 e. The van der Waals surface area contributed by atoms with E-state index in [0.717, 1.165) is 11.3 Å². The molecule has 0 radical (unpaired) electrons. The van der Waals surface area contributed by atoms with E-state index < -0.39 is 5.97 Å². The van der Waals surface area contributed by atoms with Crippen LogP contribution in [0.5, 0.6) is 11.6 Å². The van der Waals surface area contributed by atoms with Gasteiger partial charge in [0.15, 0.2) is 0 Å². The van der Waals surface area contributed by atoms with E-state index in [9.17, 15) is 4.79 Å².